The number of ether oxygens (including phenoxy) is 1. The molecule has 1 amide bonds. The van der Waals surface area contributed by atoms with E-state index in [1.165, 1.54) is 49.4 Å². The van der Waals surface area contributed by atoms with Crippen LogP contribution in [0.5, 0.6) is 5.75 Å². The molecule has 0 aliphatic rings. The first-order valence-corrected chi connectivity index (χ1v) is 9.03. The molecule has 0 saturated carbocycles. The van der Waals surface area contributed by atoms with Crippen molar-refractivity contribution in [1.82, 2.24) is 10.3 Å². The number of rotatable bonds is 7. The highest BCUT2D eigenvalue weighted by Gasteiger charge is 2.17. The molecule has 2 aromatic rings. The monoisotopic (exact) mass is 379 g/mol. The van der Waals surface area contributed by atoms with Crippen LogP contribution in [0, 0.1) is 17.0 Å². The maximum Gasteiger partial charge on any atom is 0.272 e. The molecule has 0 aromatic heterocycles. The van der Waals surface area contributed by atoms with Crippen LogP contribution in [0.4, 0.5) is 5.69 Å². The summed E-state index contributed by atoms with van der Waals surface area (Å²) in [5.74, 6) is -0.214. The van der Waals surface area contributed by atoms with E-state index in [0.29, 0.717) is 12.4 Å². The van der Waals surface area contributed by atoms with Crippen molar-refractivity contribution in [2.45, 2.75) is 18.7 Å². The second kappa shape index (κ2) is 7.93. The van der Waals surface area contributed by atoms with E-state index in [9.17, 15) is 23.3 Å². The van der Waals surface area contributed by atoms with Crippen molar-refractivity contribution in [3.8, 4) is 5.75 Å². The predicted octanol–water partition coefficient (Wildman–Crippen LogP) is 1.93. The van der Waals surface area contributed by atoms with Gasteiger partial charge in [0.1, 0.15) is 5.75 Å². The van der Waals surface area contributed by atoms with Gasteiger partial charge in [0, 0.05) is 17.2 Å². The number of hydrazine groups is 1. The number of aryl methyl sites for hydroxylation is 1. The van der Waals surface area contributed by atoms with Crippen molar-refractivity contribution in [3.05, 3.63) is 63.7 Å². The van der Waals surface area contributed by atoms with Crippen LogP contribution in [0.15, 0.2) is 47.4 Å². The lowest BCUT2D eigenvalue weighted by Gasteiger charge is -2.10. The topological polar surface area (TPSA) is 128 Å². The number of carbonyl (C=O) groups is 1. The van der Waals surface area contributed by atoms with E-state index < -0.39 is 20.9 Å². The van der Waals surface area contributed by atoms with Crippen molar-refractivity contribution in [1.29, 1.82) is 0 Å². The minimum Gasteiger partial charge on any atom is -0.494 e. The molecule has 0 atom stereocenters. The van der Waals surface area contributed by atoms with Gasteiger partial charge in [-0.3, -0.25) is 20.3 Å². The fourth-order valence-corrected chi connectivity index (χ4v) is 2.97. The number of amides is 1. The van der Waals surface area contributed by atoms with E-state index in [-0.39, 0.29) is 21.7 Å². The van der Waals surface area contributed by atoms with Crippen LogP contribution in [-0.4, -0.2) is 25.9 Å². The van der Waals surface area contributed by atoms with Gasteiger partial charge >= 0.3 is 0 Å². The van der Waals surface area contributed by atoms with Crippen molar-refractivity contribution >= 4 is 21.6 Å². The first-order valence-electron chi connectivity index (χ1n) is 7.54. The average molecular weight is 379 g/mol. The van der Waals surface area contributed by atoms with E-state index >= 15 is 0 Å². The van der Waals surface area contributed by atoms with Gasteiger partial charge < -0.3 is 4.74 Å². The van der Waals surface area contributed by atoms with Crippen LogP contribution in [0.1, 0.15) is 22.8 Å². The molecule has 0 aliphatic carbocycles. The highest BCUT2D eigenvalue weighted by atomic mass is 32.2. The van der Waals surface area contributed by atoms with Crippen molar-refractivity contribution in [2.24, 2.45) is 0 Å². The summed E-state index contributed by atoms with van der Waals surface area (Å²) in [6.45, 7) is 3.75. The Bertz CT molecular complexity index is 926. The van der Waals surface area contributed by atoms with E-state index in [1.54, 1.807) is 0 Å². The Morgan fingerprint density at radius 2 is 1.85 bits per heavy atom. The molecule has 0 unspecified atom stereocenters. The lowest BCUT2D eigenvalue weighted by atomic mass is 10.1. The highest BCUT2D eigenvalue weighted by Crippen LogP contribution is 2.19. The first-order chi connectivity index (χ1) is 12.2. The second-order valence-electron chi connectivity index (χ2n) is 5.22. The third-order valence-corrected chi connectivity index (χ3v) is 4.66. The van der Waals surface area contributed by atoms with E-state index in [1.807, 2.05) is 11.8 Å². The van der Waals surface area contributed by atoms with Crippen LogP contribution < -0.4 is 15.0 Å². The summed E-state index contributed by atoms with van der Waals surface area (Å²) in [6, 6.07) is 9.42. The summed E-state index contributed by atoms with van der Waals surface area (Å²) in [5.41, 5.74) is 2.32. The zero-order valence-electron chi connectivity index (χ0n) is 14.1. The number of benzene rings is 2. The molecule has 2 rings (SSSR count). The summed E-state index contributed by atoms with van der Waals surface area (Å²) in [5, 5.41) is 10.8. The van der Waals surface area contributed by atoms with Crippen LogP contribution in [0.2, 0.25) is 0 Å². The van der Waals surface area contributed by atoms with Gasteiger partial charge in [0.2, 0.25) is 0 Å². The predicted molar refractivity (Wildman–Crippen MR) is 93.2 cm³/mol. The Morgan fingerprint density at radius 3 is 2.38 bits per heavy atom. The molecule has 0 saturated heterocycles. The number of nitro benzene ring substituents is 1. The van der Waals surface area contributed by atoms with E-state index in [0.717, 1.165) is 0 Å². The maximum atomic E-state index is 12.2. The number of hydrogen-bond acceptors (Lipinski definition) is 6. The summed E-state index contributed by atoms with van der Waals surface area (Å²) >= 11 is 0. The van der Waals surface area contributed by atoms with Crippen LogP contribution >= 0.6 is 0 Å². The van der Waals surface area contributed by atoms with Crippen LogP contribution in [0.25, 0.3) is 0 Å². The summed E-state index contributed by atoms with van der Waals surface area (Å²) in [6.07, 6.45) is 0. The maximum absolute atomic E-state index is 12.2. The third kappa shape index (κ3) is 4.55. The van der Waals surface area contributed by atoms with Gasteiger partial charge in [-0.05, 0) is 50.2 Å². The summed E-state index contributed by atoms with van der Waals surface area (Å²) < 4.78 is 29.6. The SMILES string of the molecule is CCOc1ccc(S(=O)(=O)NNC(=O)c2ccc([N+](=O)[O-])c(C)c2)cc1. The van der Waals surface area contributed by atoms with Crippen LogP contribution in [0.3, 0.4) is 0 Å². The highest BCUT2D eigenvalue weighted by molar-refractivity contribution is 7.89. The Morgan fingerprint density at radius 1 is 1.19 bits per heavy atom. The fourth-order valence-electron chi connectivity index (χ4n) is 2.13. The molecule has 9 nitrogen and oxygen atoms in total. The molecular weight excluding hydrogens is 362 g/mol. The minimum atomic E-state index is -3.97. The molecule has 0 aliphatic heterocycles. The van der Waals surface area contributed by atoms with Crippen LogP contribution in [-0.2, 0) is 10.0 Å². The lowest BCUT2D eigenvalue weighted by Crippen LogP contribution is -2.41. The van der Waals surface area contributed by atoms with Gasteiger partial charge in [0.05, 0.1) is 16.4 Å². The van der Waals surface area contributed by atoms with E-state index in [4.69, 9.17) is 4.74 Å². The van der Waals surface area contributed by atoms with Gasteiger partial charge in [-0.1, -0.05) is 0 Å². The van der Waals surface area contributed by atoms with Gasteiger partial charge in [0.25, 0.3) is 21.6 Å². The van der Waals surface area contributed by atoms with E-state index in [2.05, 4.69) is 5.43 Å². The number of carbonyl (C=O) groups excluding carboxylic acids is 1. The molecule has 2 aromatic carbocycles. The molecule has 0 bridgehead atoms. The minimum absolute atomic E-state index is 0.0545. The molecule has 26 heavy (non-hydrogen) atoms. The second-order valence-corrected chi connectivity index (χ2v) is 6.90. The molecule has 10 heteroatoms. The Hall–Kier alpha value is -2.98. The lowest BCUT2D eigenvalue weighted by molar-refractivity contribution is -0.385. The van der Waals surface area contributed by atoms with Gasteiger partial charge in [0.15, 0.2) is 0 Å². The normalized spacial score (nSPS) is 11.0. The molecule has 2 N–H and O–H groups in total. The number of sulfonamides is 1. The number of hydrogen-bond donors (Lipinski definition) is 2. The quantitative estimate of drug-likeness (QED) is 0.559. The summed E-state index contributed by atoms with van der Waals surface area (Å²) in [7, 11) is -3.97. The zero-order valence-corrected chi connectivity index (χ0v) is 14.9. The van der Waals surface area contributed by atoms with Crippen molar-refractivity contribution < 1.29 is 22.9 Å². The number of nitrogens with one attached hydrogen (secondary N) is 2. The smallest absolute Gasteiger partial charge is 0.272 e. The van der Waals surface area contributed by atoms with Gasteiger partial charge in [-0.15, -0.1) is 4.83 Å². The Balaban J connectivity index is 2.08. The first kappa shape index (κ1) is 19.3. The molecule has 0 radical (unpaired) electrons. The standard InChI is InChI=1S/C16H17N3O6S/c1-3-25-13-5-7-14(8-6-13)26(23,24)18-17-16(20)12-4-9-15(19(21)22)11(2)10-12/h4-10,18H,3H2,1-2H3,(H,17,20). The molecule has 0 spiro atoms. The largest absolute Gasteiger partial charge is 0.494 e. The van der Waals surface area contributed by atoms with Crippen molar-refractivity contribution in [3.63, 3.8) is 0 Å². The molecular formula is C16H17N3O6S. The average Bonchev–Trinajstić information content (AvgIpc) is 2.60. The molecule has 0 heterocycles. The van der Waals surface area contributed by atoms with Crippen molar-refractivity contribution in [2.75, 3.05) is 6.61 Å². The van der Waals surface area contributed by atoms with Gasteiger partial charge in [-0.25, -0.2) is 8.42 Å². The third-order valence-electron chi connectivity index (χ3n) is 3.40. The number of nitrogens with zero attached hydrogens (tertiary/aromatic N) is 1. The number of nitro groups is 1. The Labute approximate surface area is 150 Å². The fraction of sp³-hybridized carbons (Fsp3) is 0.188. The zero-order chi connectivity index (χ0) is 19.3. The Kier molecular flexibility index (Phi) is 5.90. The summed E-state index contributed by atoms with van der Waals surface area (Å²) in [4.78, 5) is 24.2. The molecule has 138 valence electrons. The van der Waals surface area contributed by atoms with Gasteiger partial charge in [-0.2, -0.15) is 0 Å². The molecule has 0 fully saturated rings.